The molecule has 1 saturated carbocycles. The van der Waals surface area contributed by atoms with Crippen LogP contribution in [0.5, 0.6) is 0 Å². The molecule has 0 unspecified atom stereocenters. The van der Waals surface area contributed by atoms with Crippen molar-refractivity contribution in [1.29, 1.82) is 0 Å². The molecule has 1 aromatic rings. The highest BCUT2D eigenvalue weighted by Gasteiger charge is 2.32. The quantitative estimate of drug-likeness (QED) is 0.781. The van der Waals surface area contributed by atoms with Gasteiger partial charge in [-0.25, -0.2) is 4.79 Å². The second kappa shape index (κ2) is 6.54. The predicted octanol–water partition coefficient (Wildman–Crippen LogP) is 1.69. The van der Waals surface area contributed by atoms with E-state index in [2.05, 4.69) is 0 Å². The molecule has 5 heteroatoms. The molecular formula is C16H19NO4. The first-order valence-corrected chi connectivity index (χ1v) is 6.96. The van der Waals surface area contributed by atoms with Crippen molar-refractivity contribution in [2.75, 3.05) is 13.2 Å². The zero-order valence-electron chi connectivity index (χ0n) is 12.0. The first kappa shape index (κ1) is 15.3. The minimum atomic E-state index is -1.02. The lowest BCUT2D eigenvalue weighted by Gasteiger charge is -2.21. The molecule has 0 bridgehead atoms. The molecule has 0 aliphatic heterocycles. The molecule has 21 heavy (non-hydrogen) atoms. The number of carboxylic acids is 1. The summed E-state index contributed by atoms with van der Waals surface area (Å²) < 4.78 is 0. The third-order valence-electron chi connectivity index (χ3n) is 3.52. The Kier molecular flexibility index (Phi) is 4.75. The van der Waals surface area contributed by atoms with Crippen LogP contribution in [0.4, 0.5) is 0 Å². The van der Waals surface area contributed by atoms with E-state index in [-0.39, 0.29) is 18.6 Å². The van der Waals surface area contributed by atoms with Crippen LogP contribution in [0.2, 0.25) is 0 Å². The minimum absolute atomic E-state index is 0.0557. The van der Waals surface area contributed by atoms with Gasteiger partial charge in [0.05, 0.1) is 6.61 Å². The van der Waals surface area contributed by atoms with Crippen molar-refractivity contribution in [2.45, 2.75) is 25.8 Å². The van der Waals surface area contributed by atoms with Crippen molar-refractivity contribution in [1.82, 2.24) is 4.90 Å². The second-order valence-corrected chi connectivity index (χ2v) is 5.20. The van der Waals surface area contributed by atoms with E-state index in [9.17, 15) is 9.59 Å². The molecule has 1 amide bonds. The van der Waals surface area contributed by atoms with Gasteiger partial charge in [0.1, 0.15) is 0 Å². The lowest BCUT2D eigenvalue weighted by molar-refractivity contribution is -0.131. The number of carboxylic acid groups (broad SMARTS) is 1. The van der Waals surface area contributed by atoms with E-state index < -0.39 is 5.97 Å². The van der Waals surface area contributed by atoms with Gasteiger partial charge >= 0.3 is 5.97 Å². The molecule has 0 spiro atoms. The van der Waals surface area contributed by atoms with Gasteiger partial charge in [-0.2, -0.15) is 0 Å². The van der Waals surface area contributed by atoms with E-state index in [0.29, 0.717) is 17.7 Å². The molecule has 0 atom stereocenters. The predicted molar refractivity (Wildman–Crippen MR) is 79.0 cm³/mol. The number of rotatable bonds is 6. The summed E-state index contributed by atoms with van der Waals surface area (Å²) in [5.74, 6) is -1.14. The topological polar surface area (TPSA) is 77.8 Å². The fraction of sp³-hybridized carbons (Fsp3) is 0.375. The molecule has 0 heterocycles. The van der Waals surface area contributed by atoms with Gasteiger partial charge in [-0.1, -0.05) is 6.07 Å². The van der Waals surface area contributed by atoms with Crippen LogP contribution in [0.25, 0.3) is 6.08 Å². The fourth-order valence-corrected chi connectivity index (χ4v) is 2.22. The van der Waals surface area contributed by atoms with Crippen LogP contribution in [0.1, 0.15) is 34.3 Å². The average molecular weight is 289 g/mol. The van der Waals surface area contributed by atoms with Crippen molar-refractivity contribution < 1.29 is 19.8 Å². The van der Waals surface area contributed by atoms with Crippen LogP contribution in [-0.2, 0) is 4.79 Å². The molecule has 1 aliphatic carbocycles. The fourth-order valence-electron chi connectivity index (χ4n) is 2.22. The smallest absolute Gasteiger partial charge is 0.328 e. The maximum Gasteiger partial charge on any atom is 0.328 e. The first-order chi connectivity index (χ1) is 10.0. The lowest BCUT2D eigenvalue weighted by Crippen LogP contribution is -2.35. The molecule has 1 aromatic carbocycles. The Hall–Kier alpha value is -2.14. The molecule has 0 aromatic heterocycles. The Balaban J connectivity index is 2.24. The van der Waals surface area contributed by atoms with Gasteiger partial charge < -0.3 is 15.1 Å². The van der Waals surface area contributed by atoms with E-state index in [1.54, 1.807) is 23.1 Å². The Morgan fingerprint density at radius 1 is 1.38 bits per heavy atom. The van der Waals surface area contributed by atoms with Crippen LogP contribution in [-0.4, -0.2) is 46.2 Å². The standard InChI is InChI=1S/C16H19NO4/c1-11-2-3-13(10-12(11)4-7-15(19)20)16(21)17(8-9-18)14-5-6-14/h2-4,7,10,14,18H,5-6,8-9H2,1H3,(H,19,20)/b7-4+. The molecular weight excluding hydrogens is 270 g/mol. The number of aliphatic hydroxyl groups is 1. The highest BCUT2D eigenvalue weighted by Crippen LogP contribution is 2.28. The number of hydrogen-bond acceptors (Lipinski definition) is 3. The summed E-state index contributed by atoms with van der Waals surface area (Å²) >= 11 is 0. The zero-order valence-corrected chi connectivity index (χ0v) is 12.0. The van der Waals surface area contributed by atoms with Gasteiger partial charge in [-0.05, 0) is 49.1 Å². The number of aryl methyl sites for hydroxylation is 1. The largest absolute Gasteiger partial charge is 0.478 e. The molecule has 2 rings (SSSR count). The number of amides is 1. The monoisotopic (exact) mass is 289 g/mol. The van der Waals surface area contributed by atoms with Gasteiger partial charge in [0.2, 0.25) is 0 Å². The van der Waals surface area contributed by atoms with Gasteiger partial charge in [0.15, 0.2) is 0 Å². The molecule has 112 valence electrons. The first-order valence-electron chi connectivity index (χ1n) is 6.96. The van der Waals surface area contributed by atoms with E-state index in [4.69, 9.17) is 10.2 Å². The summed E-state index contributed by atoms with van der Waals surface area (Å²) in [6, 6.07) is 5.47. The van der Waals surface area contributed by atoms with Crippen LogP contribution in [0.15, 0.2) is 24.3 Å². The Labute approximate surface area is 123 Å². The maximum atomic E-state index is 12.5. The SMILES string of the molecule is Cc1ccc(C(=O)N(CCO)C2CC2)cc1/C=C/C(=O)O. The number of hydrogen-bond donors (Lipinski definition) is 2. The Morgan fingerprint density at radius 3 is 2.67 bits per heavy atom. The maximum absolute atomic E-state index is 12.5. The molecule has 1 aliphatic rings. The van der Waals surface area contributed by atoms with Gasteiger partial charge in [-0.3, -0.25) is 4.79 Å². The summed E-state index contributed by atoms with van der Waals surface area (Å²) in [5, 5.41) is 17.8. The molecule has 0 saturated heterocycles. The van der Waals surface area contributed by atoms with Crippen LogP contribution >= 0.6 is 0 Å². The highest BCUT2D eigenvalue weighted by molar-refractivity contribution is 5.95. The Morgan fingerprint density at radius 2 is 2.10 bits per heavy atom. The summed E-state index contributed by atoms with van der Waals surface area (Å²) in [6.07, 6.45) is 4.50. The van der Waals surface area contributed by atoms with Crippen molar-refractivity contribution in [3.63, 3.8) is 0 Å². The van der Waals surface area contributed by atoms with Crippen LogP contribution < -0.4 is 0 Å². The van der Waals surface area contributed by atoms with Crippen molar-refractivity contribution in [3.8, 4) is 0 Å². The van der Waals surface area contributed by atoms with Gasteiger partial charge in [-0.15, -0.1) is 0 Å². The normalized spacial score (nSPS) is 14.4. The number of benzene rings is 1. The van der Waals surface area contributed by atoms with E-state index >= 15 is 0 Å². The second-order valence-electron chi connectivity index (χ2n) is 5.20. The molecule has 1 fully saturated rings. The zero-order chi connectivity index (χ0) is 15.4. The number of aliphatic carboxylic acids is 1. The average Bonchev–Trinajstić information content (AvgIpc) is 3.27. The van der Waals surface area contributed by atoms with Crippen molar-refractivity contribution in [3.05, 3.63) is 41.0 Å². The molecule has 5 nitrogen and oxygen atoms in total. The Bertz CT molecular complexity index is 576. The summed E-state index contributed by atoms with van der Waals surface area (Å²) in [5.41, 5.74) is 2.14. The number of nitrogens with zero attached hydrogens (tertiary/aromatic N) is 1. The van der Waals surface area contributed by atoms with Gasteiger partial charge in [0, 0.05) is 24.2 Å². The number of aliphatic hydroxyl groups excluding tert-OH is 1. The third-order valence-corrected chi connectivity index (χ3v) is 3.52. The summed E-state index contributed by atoms with van der Waals surface area (Å²) in [4.78, 5) is 24.8. The van der Waals surface area contributed by atoms with Crippen molar-refractivity contribution >= 4 is 18.0 Å². The third kappa shape index (κ3) is 3.92. The van der Waals surface area contributed by atoms with Crippen molar-refractivity contribution in [2.24, 2.45) is 0 Å². The van der Waals surface area contributed by atoms with E-state index in [1.807, 2.05) is 6.92 Å². The molecule has 0 radical (unpaired) electrons. The number of carbonyl (C=O) groups excluding carboxylic acids is 1. The van der Waals surface area contributed by atoms with E-state index in [0.717, 1.165) is 24.5 Å². The van der Waals surface area contributed by atoms with E-state index in [1.165, 1.54) is 6.08 Å². The highest BCUT2D eigenvalue weighted by atomic mass is 16.4. The summed E-state index contributed by atoms with van der Waals surface area (Å²) in [6.45, 7) is 2.14. The summed E-state index contributed by atoms with van der Waals surface area (Å²) in [7, 11) is 0. The minimum Gasteiger partial charge on any atom is -0.478 e. The number of carbonyl (C=O) groups is 2. The van der Waals surface area contributed by atoms with Crippen LogP contribution in [0.3, 0.4) is 0 Å². The van der Waals surface area contributed by atoms with Crippen LogP contribution in [0, 0.1) is 6.92 Å². The molecule has 2 N–H and O–H groups in total. The van der Waals surface area contributed by atoms with Gasteiger partial charge in [0.25, 0.3) is 5.91 Å². The lowest BCUT2D eigenvalue weighted by atomic mass is 10.0.